The van der Waals surface area contributed by atoms with Gasteiger partial charge in [-0.3, -0.25) is 0 Å². The van der Waals surface area contributed by atoms with Crippen LogP contribution in [0.1, 0.15) is 55.0 Å². The Labute approximate surface area is 118 Å². The second kappa shape index (κ2) is 7.66. The summed E-state index contributed by atoms with van der Waals surface area (Å²) in [6.07, 6.45) is 2.01. The Bertz CT molecular complexity index is 377. The van der Waals surface area contributed by atoms with Gasteiger partial charge in [0, 0.05) is 12.6 Å². The van der Waals surface area contributed by atoms with Gasteiger partial charge in [-0.25, -0.2) is 0 Å². The summed E-state index contributed by atoms with van der Waals surface area (Å²) < 4.78 is 0. The van der Waals surface area contributed by atoms with Crippen LogP contribution in [0.25, 0.3) is 0 Å². The van der Waals surface area contributed by atoms with Gasteiger partial charge in [-0.2, -0.15) is 0 Å². The molecule has 2 nitrogen and oxygen atoms in total. The van der Waals surface area contributed by atoms with Gasteiger partial charge in [-0.1, -0.05) is 31.0 Å². The Kier molecular flexibility index (Phi) is 6.53. The minimum absolute atomic E-state index is 0.289. The van der Waals surface area contributed by atoms with Gasteiger partial charge in [0.05, 0.1) is 0 Å². The second-order valence-corrected chi connectivity index (χ2v) is 5.73. The first-order valence-electron chi connectivity index (χ1n) is 7.41. The summed E-state index contributed by atoms with van der Waals surface area (Å²) in [5, 5.41) is 12.7. The number of hydrogen-bond donors (Lipinski definition) is 2. The first-order valence-corrected chi connectivity index (χ1v) is 7.41. The zero-order valence-electron chi connectivity index (χ0n) is 13.1. The van der Waals surface area contributed by atoms with Crippen LogP contribution in [0.4, 0.5) is 0 Å². The van der Waals surface area contributed by atoms with Crippen LogP contribution in [0.2, 0.25) is 0 Å². The monoisotopic (exact) mass is 263 g/mol. The molecule has 1 aromatic carbocycles. The quantitative estimate of drug-likeness (QED) is 0.786. The van der Waals surface area contributed by atoms with Gasteiger partial charge in [0.25, 0.3) is 0 Å². The van der Waals surface area contributed by atoms with E-state index in [9.17, 15) is 0 Å². The predicted molar refractivity (Wildman–Crippen MR) is 82.6 cm³/mol. The summed E-state index contributed by atoms with van der Waals surface area (Å²) >= 11 is 0. The third kappa shape index (κ3) is 4.63. The van der Waals surface area contributed by atoms with Crippen molar-refractivity contribution in [3.8, 4) is 0 Å². The van der Waals surface area contributed by atoms with E-state index in [0.29, 0.717) is 12.0 Å². The molecule has 19 heavy (non-hydrogen) atoms. The molecule has 0 heterocycles. The number of aryl methyl sites for hydroxylation is 3. The smallest absolute Gasteiger partial charge is 0.0434 e. The van der Waals surface area contributed by atoms with Crippen LogP contribution >= 0.6 is 0 Å². The first-order chi connectivity index (χ1) is 8.99. The van der Waals surface area contributed by atoms with Gasteiger partial charge in [0.15, 0.2) is 0 Å². The average Bonchev–Trinajstić information content (AvgIpc) is 2.33. The Morgan fingerprint density at radius 3 is 2.21 bits per heavy atom. The maximum atomic E-state index is 9.04. The predicted octanol–water partition coefficient (Wildman–Crippen LogP) is 3.67. The molecule has 2 unspecified atom stereocenters. The molecule has 0 fully saturated rings. The van der Waals surface area contributed by atoms with Crippen molar-refractivity contribution >= 4 is 0 Å². The molecule has 2 atom stereocenters. The van der Waals surface area contributed by atoms with E-state index in [0.717, 1.165) is 19.4 Å². The second-order valence-electron chi connectivity index (χ2n) is 5.73. The lowest BCUT2D eigenvalue weighted by molar-refractivity contribution is 0.249. The molecule has 0 saturated carbocycles. The summed E-state index contributed by atoms with van der Waals surface area (Å²) in [7, 11) is 0. The summed E-state index contributed by atoms with van der Waals surface area (Å²) in [5.41, 5.74) is 5.49. The fourth-order valence-electron chi connectivity index (χ4n) is 2.95. The molecule has 2 N–H and O–H groups in total. The Balaban J connectivity index is 2.70. The Morgan fingerprint density at radius 1 is 1.16 bits per heavy atom. The van der Waals surface area contributed by atoms with E-state index in [1.165, 1.54) is 22.3 Å². The number of benzene rings is 1. The number of aliphatic hydroxyl groups is 1. The van der Waals surface area contributed by atoms with E-state index in [4.69, 9.17) is 5.11 Å². The largest absolute Gasteiger partial charge is 0.396 e. The van der Waals surface area contributed by atoms with Crippen molar-refractivity contribution in [3.05, 3.63) is 34.4 Å². The molecule has 108 valence electrons. The van der Waals surface area contributed by atoms with Crippen LogP contribution in [-0.2, 0) is 0 Å². The maximum Gasteiger partial charge on any atom is 0.0434 e. The highest BCUT2D eigenvalue weighted by Crippen LogP contribution is 2.23. The fraction of sp³-hybridized carbons (Fsp3) is 0.647. The van der Waals surface area contributed by atoms with E-state index < -0.39 is 0 Å². The van der Waals surface area contributed by atoms with Gasteiger partial charge in [0.2, 0.25) is 0 Å². The van der Waals surface area contributed by atoms with E-state index in [-0.39, 0.29) is 6.61 Å². The number of nitrogens with one attached hydrogen (secondary N) is 1. The third-order valence-corrected chi connectivity index (χ3v) is 4.00. The van der Waals surface area contributed by atoms with Gasteiger partial charge in [0.1, 0.15) is 0 Å². The van der Waals surface area contributed by atoms with Crippen LogP contribution in [0, 0.1) is 26.7 Å². The van der Waals surface area contributed by atoms with Crippen LogP contribution in [-0.4, -0.2) is 18.3 Å². The van der Waals surface area contributed by atoms with Crippen molar-refractivity contribution in [1.29, 1.82) is 0 Å². The van der Waals surface area contributed by atoms with Gasteiger partial charge in [-0.15, -0.1) is 0 Å². The number of aliphatic hydroxyl groups excluding tert-OH is 1. The molecule has 0 aromatic heterocycles. The summed E-state index contributed by atoms with van der Waals surface area (Å²) in [6.45, 7) is 12.2. The minimum atomic E-state index is 0.289. The number of hydrogen-bond acceptors (Lipinski definition) is 2. The van der Waals surface area contributed by atoms with E-state index >= 15 is 0 Å². The summed E-state index contributed by atoms with van der Waals surface area (Å²) in [4.78, 5) is 0. The molecular weight excluding hydrogens is 234 g/mol. The lowest BCUT2D eigenvalue weighted by Gasteiger charge is -2.22. The van der Waals surface area contributed by atoms with Crippen molar-refractivity contribution < 1.29 is 5.11 Å². The topological polar surface area (TPSA) is 32.3 Å². The van der Waals surface area contributed by atoms with Crippen molar-refractivity contribution in [2.45, 2.75) is 53.5 Å². The molecule has 1 rings (SSSR count). The lowest BCUT2D eigenvalue weighted by Crippen LogP contribution is -2.27. The lowest BCUT2D eigenvalue weighted by atomic mass is 9.94. The van der Waals surface area contributed by atoms with Crippen molar-refractivity contribution in [1.82, 2.24) is 5.32 Å². The maximum absolute atomic E-state index is 9.04. The zero-order valence-corrected chi connectivity index (χ0v) is 13.1. The Morgan fingerprint density at radius 2 is 1.74 bits per heavy atom. The highest BCUT2D eigenvalue weighted by molar-refractivity contribution is 5.39. The zero-order chi connectivity index (χ0) is 14.4. The normalized spacial score (nSPS) is 14.4. The van der Waals surface area contributed by atoms with Crippen molar-refractivity contribution in [2.75, 3.05) is 13.2 Å². The van der Waals surface area contributed by atoms with Crippen LogP contribution in [0.5, 0.6) is 0 Å². The van der Waals surface area contributed by atoms with Crippen molar-refractivity contribution in [2.24, 2.45) is 5.92 Å². The summed E-state index contributed by atoms with van der Waals surface area (Å²) in [6, 6.07) is 4.88. The molecule has 0 saturated heterocycles. The van der Waals surface area contributed by atoms with Gasteiger partial charge in [-0.05, 0) is 63.3 Å². The molecule has 0 aliphatic rings. The SMILES string of the molecule is CCC(CCO)CNC(C)c1c(C)cc(C)cc1C. The highest BCUT2D eigenvalue weighted by atomic mass is 16.3. The van der Waals surface area contributed by atoms with E-state index in [1.807, 2.05) is 0 Å². The summed E-state index contributed by atoms with van der Waals surface area (Å²) in [5.74, 6) is 0.568. The first kappa shape index (κ1) is 16.2. The molecule has 0 amide bonds. The van der Waals surface area contributed by atoms with E-state index in [2.05, 4.69) is 52.1 Å². The molecular formula is C17H29NO. The standard InChI is InChI=1S/C17H29NO/c1-6-16(7-8-19)11-18-15(5)17-13(3)9-12(2)10-14(17)4/h9-10,15-16,18-19H,6-8,11H2,1-5H3. The highest BCUT2D eigenvalue weighted by Gasteiger charge is 2.13. The molecule has 0 spiro atoms. The van der Waals surface area contributed by atoms with Gasteiger partial charge < -0.3 is 10.4 Å². The van der Waals surface area contributed by atoms with Crippen LogP contribution in [0.15, 0.2) is 12.1 Å². The van der Waals surface area contributed by atoms with Gasteiger partial charge >= 0.3 is 0 Å². The minimum Gasteiger partial charge on any atom is -0.396 e. The molecule has 0 aliphatic carbocycles. The van der Waals surface area contributed by atoms with Crippen LogP contribution < -0.4 is 5.32 Å². The van der Waals surface area contributed by atoms with Crippen LogP contribution in [0.3, 0.4) is 0 Å². The van der Waals surface area contributed by atoms with E-state index in [1.54, 1.807) is 0 Å². The van der Waals surface area contributed by atoms with Crippen molar-refractivity contribution in [3.63, 3.8) is 0 Å². The Hall–Kier alpha value is -0.860. The molecule has 0 bridgehead atoms. The molecule has 0 radical (unpaired) electrons. The molecule has 2 heteroatoms. The average molecular weight is 263 g/mol. The number of rotatable bonds is 7. The third-order valence-electron chi connectivity index (χ3n) is 4.00. The molecule has 0 aliphatic heterocycles. The molecule has 1 aromatic rings. The fourth-order valence-corrected chi connectivity index (χ4v) is 2.95.